The van der Waals surface area contributed by atoms with Crippen LogP contribution in [0.25, 0.3) is 22.6 Å². The van der Waals surface area contributed by atoms with Crippen LogP contribution in [0.15, 0.2) is 39.5 Å². The number of carbonyl (C=O) groups excluding carboxylic acids is 1. The molecular formula is C19H15ClF3N3O5. The third kappa shape index (κ3) is 5.30. The molecule has 3 aliphatic rings. The van der Waals surface area contributed by atoms with E-state index < -0.39 is 12.1 Å². The van der Waals surface area contributed by atoms with E-state index >= 15 is 0 Å². The van der Waals surface area contributed by atoms with E-state index in [-0.39, 0.29) is 16.9 Å². The summed E-state index contributed by atoms with van der Waals surface area (Å²) in [5, 5.41) is 10.8. The van der Waals surface area contributed by atoms with E-state index in [1.165, 1.54) is 12.1 Å². The van der Waals surface area contributed by atoms with E-state index in [0.29, 0.717) is 40.7 Å². The van der Waals surface area contributed by atoms with Gasteiger partial charge in [-0.25, -0.2) is 9.78 Å². The molecule has 1 amide bonds. The second kappa shape index (κ2) is 8.90. The van der Waals surface area contributed by atoms with Crippen LogP contribution in [0.5, 0.6) is 0 Å². The molecule has 0 radical (unpaired) electrons. The second-order valence-corrected chi connectivity index (χ2v) is 6.93. The van der Waals surface area contributed by atoms with Crippen LogP contribution < -0.4 is 10.7 Å². The summed E-state index contributed by atoms with van der Waals surface area (Å²) in [5.41, 5.74) is 1.43. The molecule has 0 atom stereocenters. The molecule has 1 saturated heterocycles. The normalized spacial score (nSPS) is 14.3. The minimum absolute atomic E-state index is 0.205. The van der Waals surface area contributed by atoms with Crippen molar-refractivity contribution in [1.82, 2.24) is 15.2 Å². The van der Waals surface area contributed by atoms with Gasteiger partial charge in [0.2, 0.25) is 0 Å². The van der Waals surface area contributed by atoms with Gasteiger partial charge in [-0.3, -0.25) is 9.59 Å². The van der Waals surface area contributed by atoms with Crippen molar-refractivity contribution in [3.8, 4) is 11.5 Å². The number of alkyl halides is 3. The minimum Gasteiger partial charge on any atom is -0.475 e. The van der Waals surface area contributed by atoms with Gasteiger partial charge in [-0.05, 0) is 18.2 Å². The van der Waals surface area contributed by atoms with Crippen LogP contribution >= 0.6 is 11.6 Å². The Bertz CT molecular complexity index is 1160. The lowest BCUT2D eigenvalue weighted by atomic mass is 10.1. The number of nitrogens with one attached hydrogen (secondary N) is 1. The van der Waals surface area contributed by atoms with Crippen molar-refractivity contribution in [2.45, 2.75) is 6.18 Å². The quantitative estimate of drug-likeness (QED) is 0.540. The lowest BCUT2D eigenvalue weighted by Gasteiger charge is -2.28. The van der Waals surface area contributed by atoms with E-state index in [4.69, 9.17) is 25.9 Å². The first-order chi connectivity index (χ1) is 14.6. The molecule has 1 aromatic rings. The highest BCUT2D eigenvalue weighted by molar-refractivity contribution is 6.31. The van der Waals surface area contributed by atoms with Crippen LogP contribution in [-0.4, -0.2) is 59.2 Å². The van der Waals surface area contributed by atoms with Gasteiger partial charge >= 0.3 is 12.1 Å². The first-order valence-electron chi connectivity index (χ1n) is 8.90. The number of benzene rings is 2. The lowest BCUT2D eigenvalue weighted by Crippen LogP contribution is -2.46. The molecule has 2 aliphatic heterocycles. The van der Waals surface area contributed by atoms with E-state index in [9.17, 15) is 22.8 Å². The molecule has 1 aliphatic carbocycles. The number of rotatable bonds is 1. The van der Waals surface area contributed by atoms with Crippen LogP contribution in [0.2, 0.25) is 5.02 Å². The number of aliphatic carboxylic acids is 1. The zero-order chi connectivity index (χ0) is 22.8. The topological polar surface area (TPSA) is 113 Å². The number of carboxylic acid groups (broad SMARTS) is 1. The molecule has 1 fully saturated rings. The Labute approximate surface area is 177 Å². The minimum atomic E-state index is -5.08. The second-order valence-electron chi connectivity index (χ2n) is 6.49. The molecule has 0 aromatic heterocycles. The molecule has 1 aromatic carbocycles. The van der Waals surface area contributed by atoms with Crippen molar-refractivity contribution >= 4 is 34.6 Å². The van der Waals surface area contributed by atoms with Gasteiger partial charge in [0.05, 0.1) is 5.56 Å². The predicted molar refractivity (Wildman–Crippen MR) is 104 cm³/mol. The number of carbonyl (C=O) groups is 2. The first-order valence-corrected chi connectivity index (χ1v) is 9.28. The standard InChI is InChI=1S/C17H14ClN3O3.C2HF3O2/c18-10-1-2-14-13(7-10)20-16-12(8-11(22)9-15(16)24-14)17(23)21-5-3-19-4-6-21;3-2(4,5)1(6)7/h1-2,7-9,19H,3-6H2;(H,6,7). The van der Waals surface area contributed by atoms with Crippen molar-refractivity contribution < 1.29 is 32.3 Å². The summed E-state index contributed by atoms with van der Waals surface area (Å²) >= 11 is 6.01. The van der Waals surface area contributed by atoms with Gasteiger partial charge in [-0.2, -0.15) is 13.2 Å². The van der Waals surface area contributed by atoms with Gasteiger partial charge < -0.3 is 19.7 Å². The number of aromatic nitrogens is 1. The highest BCUT2D eigenvalue weighted by Crippen LogP contribution is 2.28. The van der Waals surface area contributed by atoms with Crippen LogP contribution in [-0.2, 0) is 4.79 Å². The monoisotopic (exact) mass is 457 g/mol. The van der Waals surface area contributed by atoms with Crippen molar-refractivity contribution in [3.63, 3.8) is 0 Å². The van der Waals surface area contributed by atoms with Gasteiger partial charge in [0.1, 0.15) is 11.2 Å². The number of carboxylic acids is 1. The van der Waals surface area contributed by atoms with Gasteiger partial charge in [0.15, 0.2) is 16.8 Å². The molecular weight excluding hydrogens is 443 g/mol. The Morgan fingerprint density at radius 1 is 1.16 bits per heavy atom. The summed E-state index contributed by atoms with van der Waals surface area (Å²) in [6, 6.07) is 7.73. The smallest absolute Gasteiger partial charge is 0.475 e. The third-order valence-electron chi connectivity index (χ3n) is 4.30. The number of halogens is 4. The Morgan fingerprint density at radius 2 is 1.81 bits per heavy atom. The number of nitrogens with zero attached hydrogens (tertiary/aromatic N) is 2. The largest absolute Gasteiger partial charge is 0.490 e. The van der Waals surface area contributed by atoms with E-state index in [1.807, 2.05) is 0 Å². The van der Waals surface area contributed by atoms with Gasteiger partial charge in [0, 0.05) is 43.3 Å². The summed E-state index contributed by atoms with van der Waals surface area (Å²) in [6.07, 6.45) is -5.08. The zero-order valence-electron chi connectivity index (χ0n) is 15.7. The van der Waals surface area contributed by atoms with Gasteiger partial charge in [0.25, 0.3) is 5.91 Å². The van der Waals surface area contributed by atoms with Crippen LogP contribution in [0, 0.1) is 0 Å². The number of piperazine rings is 1. The maximum atomic E-state index is 12.8. The molecule has 31 heavy (non-hydrogen) atoms. The van der Waals surface area contributed by atoms with Gasteiger partial charge in [-0.15, -0.1) is 0 Å². The summed E-state index contributed by atoms with van der Waals surface area (Å²) in [6.45, 7) is 2.66. The fraction of sp³-hybridized carbons (Fsp3) is 0.263. The zero-order valence-corrected chi connectivity index (χ0v) is 16.5. The number of hydrogen-bond acceptors (Lipinski definition) is 6. The summed E-state index contributed by atoms with van der Waals surface area (Å²) in [7, 11) is 0. The summed E-state index contributed by atoms with van der Waals surface area (Å²) in [4.78, 5) is 39.9. The molecule has 0 bridgehead atoms. The fourth-order valence-corrected chi connectivity index (χ4v) is 3.05. The Hall–Kier alpha value is -3.18. The fourth-order valence-electron chi connectivity index (χ4n) is 2.88. The van der Waals surface area contributed by atoms with Crippen LogP contribution in [0.4, 0.5) is 13.2 Å². The Balaban J connectivity index is 0.000000339. The lowest BCUT2D eigenvalue weighted by molar-refractivity contribution is -0.192. The molecule has 164 valence electrons. The third-order valence-corrected chi connectivity index (χ3v) is 4.53. The number of amides is 1. The van der Waals surface area contributed by atoms with Crippen molar-refractivity contribution in [2.75, 3.05) is 26.2 Å². The summed E-state index contributed by atoms with van der Waals surface area (Å²) < 4.78 is 37.5. The molecule has 12 heteroatoms. The van der Waals surface area contributed by atoms with E-state index in [0.717, 1.165) is 13.1 Å². The Kier molecular flexibility index (Phi) is 6.46. The molecule has 0 spiro atoms. The van der Waals surface area contributed by atoms with Crippen molar-refractivity contribution in [3.05, 3.63) is 51.1 Å². The van der Waals surface area contributed by atoms with E-state index in [2.05, 4.69) is 10.3 Å². The number of fused-ring (bicyclic) bond motifs is 2. The van der Waals surface area contributed by atoms with Crippen molar-refractivity contribution in [2.24, 2.45) is 0 Å². The SMILES string of the molecule is O=C(O)C(F)(F)F.O=C(c1cc(=O)cc2oc3ccc(Cl)cc3nc1-2)N1CCNCC1. The average molecular weight is 458 g/mol. The first kappa shape index (κ1) is 22.5. The molecule has 2 N–H and O–H groups in total. The van der Waals surface area contributed by atoms with Crippen LogP contribution in [0.3, 0.4) is 0 Å². The van der Waals surface area contributed by atoms with Crippen molar-refractivity contribution in [1.29, 1.82) is 0 Å². The van der Waals surface area contributed by atoms with Crippen LogP contribution in [0.1, 0.15) is 10.4 Å². The highest BCUT2D eigenvalue weighted by atomic mass is 35.5. The molecule has 0 saturated carbocycles. The molecule has 4 rings (SSSR count). The summed E-state index contributed by atoms with van der Waals surface area (Å²) in [5.74, 6) is -2.66. The Morgan fingerprint density at radius 3 is 2.42 bits per heavy atom. The molecule has 2 heterocycles. The molecule has 8 nitrogen and oxygen atoms in total. The predicted octanol–water partition coefficient (Wildman–Crippen LogP) is 2.62. The highest BCUT2D eigenvalue weighted by Gasteiger charge is 2.38. The van der Waals surface area contributed by atoms with E-state index in [1.54, 1.807) is 23.1 Å². The molecule has 0 unspecified atom stereocenters. The maximum Gasteiger partial charge on any atom is 0.490 e. The van der Waals surface area contributed by atoms with Gasteiger partial charge in [-0.1, -0.05) is 11.6 Å². The maximum absolute atomic E-state index is 12.8. The number of hydrogen-bond donors (Lipinski definition) is 2. The average Bonchev–Trinajstić information content (AvgIpc) is 2.72.